The number of rotatable bonds is 5. The van der Waals surface area contributed by atoms with Crippen molar-refractivity contribution in [2.24, 2.45) is 0 Å². The highest BCUT2D eigenvalue weighted by Crippen LogP contribution is 2.49. The summed E-state index contributed by atoms with van der Waals surface area (Å²) >= 11 is 10.7. The Kier molecular flexibility index (Phi) is 8.70. The summed E-state index contributed by atoms with van der Waals surface area (Å²) in [5.41, 5.74) is 0. The van der Waals surface area contributed by atoms with Gasteiger partial charge in [0.25, 0.3) is 0 Å². The lowest BCUT2D eigenvalue weighted by Gasteiger charge is -1.97. The van der Waals surface area contributed by atoms with E-state index in [0.717, 1.165) is 11.1 Å². The average Bonchev–Trinajstić information content (AvgIpc) is 1.78. The molecule has 0 amide bonds. The molecule has 0 rings (SSSR count). The van der Waals surface area contributed by atoms with E-state index in [9.17, 15) is 0 Å². The molecule has 0 aliphatic carbocycles. The van der Waals surface area contributed by atoms with E-state index in [1.807, 2.05) is 6.26 Å². The van der Waals surface area contributed by atoms with Crippen molar-refractivity contribution in [2.75, 3.05) is 6.26 Å². The van der Waals surface area contributed by atoms with Crippen molar-refractivity contribution in [2.45, 2.75) is 0 Å². The van der Waals surface area contributed by atoms with Gasteiger partial charge in [-0.05, 0) is 48.2 Å². The summed E-state index contributed by atoms with van der Waals surface area (Å²) < 4.78 is 8.29. The second-order valence-electron chi connectivity index (χ2n) is 1.05. The summed E-state index contributed by atoms with van der Waals surface area (Å²) in [4.78, 5) is 0. The first kappa shape index (κ1) is 12.5. The predicted octanol–water partition coefficient (Wildman–Crippen LogP) is 3.41. The fraction of sp³-hybridized carbons (Fsp3) is 1.00. The van der Waals surface area contributed by atoms with Crippen LogP contribution < -0.4 is 0 Å². The summed E-state index contributed by atoms with van der Waals surface area (Å²) in [5.74, 6) is 0. The molecular weight excluding hydrogens is 285 g/mol. The molecular formula is CH4OS8. The minimum absolute atomic E-state index is 0.739. The van der Waals surface area contributed by atoms with Gasteiger partial charge in [0.05, 0.1) is 11.1 Å². The Bertz CT molecular complexity index is 156. The predicted molar refractivity (Wildman–Crippen MR) is 68.6 cm³/mol. The van der Waals surface area contributed by atoms with Crippen molar-refractivity contribution >= 4 is 78.9 Å². The van der Waals surface area contributed by atoms with Crippen LogP contribution in [0.15, 0.2) is 0 Å². The smallest absolute Gasteiger partial charge is 0.0720 e. The van der Waals surface area contributed by atoms with Crippen LogP contribution in [-0.2, 0) is 28.6 Å². The summed E-state index contributed by atoms with van der Waals surface area (Å²) in [7, 11) is 5.83. The van der Waals surface area contributed by atoms with Gasteiger partial charge in [0.15, 0.2) is 0 Å². The topological polar surface area (TPSA) is 20.2 Å². The summed E-state index contributed by atoms with van der Waals surface area (Å²) in [6.07, 6.45) is 0.598. The molecule has 0 heterocycles. The summed E-state index contributed by atoms with van der Waals surface area (Å²) in [5, 5.41) is 0. The number of hydrogen-bond donors (Lipinski definition) is 1. The van der Waals surface area contributed by atoms with E-state index in [1.165, 1.54) is 39.3 Å². The van der Waals surface area contributed by atoms with E-state index in [4.69, 9.17) is 26.9 Å². The van der Waals surface area contributed by atoms with Gasteiger partial charge in [-0.2, -0.15) is 0 Å². The van der Waals surface area contributed by atoms with Crippen molar-refractivity contribution in [3.63, 3.8) is 0 Å². The molecule has 0 bridgehead atoms. The molecule has 0 radical (unpaired) electrons. The highest BCUT2D eigenvalue weighted by Gasteiger charge is 1.96. The Hall–Kier alpha value is 2.50. The van der Waals surface area contributed by atoms with Gasteiger partial charge in [-0.3, -0.25) is 0 Å². The summed E-state index contributed by atoms with van der Waals surface area (Å²) in [6, 6.07) is 0. The van der Waals surface area contributed by atoms with Gasteiger partial charge in [0.1, 0.15) is 0 Å². The zero-order chi connectivity index (χ0) is 8.04. The zero-order valence-electron chi connectivity index (χ0n) is 4.71. The monoisotopic (exact) mass is 288 g/mol. The van der Waals surface area contributed by atoms with Crippen molar-refractivity contribution in [3.8, 4) is 0 Å². The fourth-order valence-electron chi connectivity index (χ4n) is 0.0856. The van der Waals surface area contributed by atoms with Crippen molar-refractivity contribution in [3.05, 3.63) is 0 Å². The van der Waals surface area contributed by atoms with E-state index in [-0.39, 0.29) is 0 Å². The maximum absolute atomic E-state index is 8.29. The molecule has 10 heavy (non-hydrogen) atoms. The normalized spacial score (nSPS) is 11.8. The molecule has 9 heteroatoms. The third-order valence-corrected chi connectivity index (χ3v) is 13.9. The average molecular weight is 289 g/mol. The Morgan fingerprint density at radius 1 is 1.20 bits per heavy atom. The Labute approximate surface area is 88.6 Å². The third kappa shape index (κ3) is 10.5. The number of hydrogen-bond acceptors (Lipinski definition) is 8. The van der Waals surface area contributed by atoms with Crippen LogP contribution in [0.1, 0.15) is 0 Å². The van der Waals surface area contributed by atoms with Gasteiger partial charge in [-0.1, -0.05) is 0 Å². The highest BCUT2D eigenvalue weighted by atomic mass is 33.9. The maximum Gasteiger partial charge on any atom is 0.0720 e. The van der Waals surface area contributed by atoms with Crippen LogP contribution in [0.3, 0.4) is 0 Å². The van der Waals surface area contributed by atoms with Crippen LogP contribution in [0, 0.1) is 0 Å². The quantitative estimate of drug-likeness (QED) is 0.466. The molecule has 62 valence electrons. The molecule has 0 saturated heterocycles. The molecule has 1 N–H and O–H groups in total. The lowest BCUT2D eigenvalue weighted by molar-refractivity contribution is 0.676. The molecule has 1 nitrogen and oxygen atoms in total. The molecule has 0 fully saturated rings. The minimum atomic E-state index is -1.28. The first-order valence-corrected chi connectivity index (χ1v) is 12.3. The van der Waals surface area contributed by atoms with Crippen molar-refractivity contribution in [1.29, 1.82) is 0 Å². The van der Waals surface area contributed by atoms with E-state index >= 15 is 0 Å². The molecule has 0 aromatic carbocycles. The Balaban J connectivity index is 3.21. The van der Waals surface area contributed by atoms with Crippen molar-refractivity contribution in [1.82, 2.24) is 0 Å². The van der Waals surface area contributed by atoms with Crippen LogP contribution >= 0.6 is 50.4 Å². The molecule has 0 atom stereocenters. The van der Waals surface area contributed by atoms with Crippen LogP contribution in [0.25, 0.3) is 0 Å². The van der Waals surface area contributed by atoms with Crippen molar-refractivity contribution < 1.29 is 4.55 Å². The molecule has 0 spiro atoms. The molecule has 0 unspecified atom stereocenters. The minimum Gasteiger partial charge on any atom is -0.320 e. The second-order valence-corrected chi connectivity index (χ2v) is 18.0. The lowest BCUT2D eigenvalue weighted by Crippen LogP contribution is -1.75. The SMILES string of the molecule is CS(=S)(=S)SSSSSO. The van der Waals surface area contributed by atoms with E-state index in [1.54, 1.807) is 0 Å². The van der Waals surface area contributed by atoms with Gasteiger partial charge < -0.3 is 4.55 Å². The molecule has 0 saturated carbocycles. The second kappa shape index (κ2) is 6.96. The molecule has 0 aliphatic heterocycles. The van der Waals surface area contributed by atoms with Crippen LogP contribution in [0.2, 0.25) is 0 Å². The van der Waals surface area contributed by atoms with Crippen LogP contribution in [0.5, 0.6) is 0 Å². The van der Waals surface area contributed by atoms with Gasteiger partial charge in [-0.25, -0.2) is 0 Å². The van der Waals surface area contributed by atoms with Crippen LogP contribution in [-0.4, -0.2) is 10.8 Å². The highest BCUT2D eigenvalue weighted by molar-refractivity contribution is 9.43. The molecule has 0 aromatic heterocycles. The first-order chi connectivity index (χ1) is 4.56. The Morgan fingerprint density at radius 3 is 2.20 bits per heavy atom. The lowest BCUT2D eigenvalue weighted by atomic mass is 12.0. The fourth-order valence-corrected chi connectivity index (χ4v) is 14.3. The van der Waals surface area contributed by atoms with E-state index in [2.05, 4.69) is 0 Å². The molecule has 0 aromatic rings. The largest absolute Gasteiger partial charge is 0.320 e. The van der Waals surface area contributed by atoms with E-state index < -0.39 is 6.18 Å². The van der Waals surface area contributed by atoms with Crippen LogP contribution in [0.4, 0.5) is 0 Å². The summed E-state index contributed by atoms with van der Waals surface area (Å²) in [6.45, 7) is 0. The molecule has 0 aliphatic rings. The first-order valence-electron chi connectivity index (χ1n) is 1.76. The van der Waals surface area contributed by atoms with Gasteiger partial charge in [-0.15, -0.1) is 0 Å². The van der Waals surface area contributed by atoms with Gasteiger partial charge in [0, 0.05) is 25.9 Å². The van der Waals surface area contributed by atoms with E-state index in [0.29, 0.717) is 0 Å². The Morgan fingerprint density at radius 2 is 1.80 bits per heavy atom. The maximum atomic E-state index is 8.29. The van der Waals surface area contributed by atoms with Gasteiger partial charge in [0.2, 0.25) is 0 Å². The zero-order valence-corrected chi connectivity index (χ0v) is 11.2. The van der Waals surface area contributed by atoms with Gasteiger partial charge >= 0.3 is 0 Å². The standard InChI is InChI=1S/CH4OS8/c1-10(3,4)9-8-7-6-5-2/h2H,1H3. The third-order valence-electron chi connectivity index (χ3n) is 0.237.